The molecule has 2 aliphatic rings. The van der Waals surface area contributed by atoms with Crippen molar-refractivity contribution in [2.45, 2.75) is 25.0 Å². The van der Waals surface area contributed by atoms with Crippen molar-refractivity contribution in [2.24, 2.45) is 16.6 Å². The Morgan fingerprint density at radius 3 is 3.12 bits per heavy atom. The van der Waals surface area contributed by atoms with Gasteiger partial charge in [0.2, 0.25) is 0 Å². The highest BCUT2D eigenvalue weighted by atomic mass is 79.9. The average Bonchev–Trinajstić information content (AvgIpc) is 3.01. The van der Waals surface area contributed by atoms with E-state index in [-0.39, 0.29) is 23.9 Å². The van der Waals surface area contributed by atoms with E-state index in [0.717, 1.165) is 6.42 Å². The van der Waals surface area contributed by atoms with Crippen molar-refractivity contribution in [1.82, 2.24) is 4.98 Å². The van der Waals surface area contributed by atoms with Crippen LogP contribution in [0.25, 0.3) is 0 Å². The van der Waals surface area contributed by atoms with E-state index >= 15 is 0 Å². The summed E-state index contributed by atoms with van der Waals surface area (Å²) in [5, 5.41) is 0. The van der Waals surface area contributed by atoms with Crippen LogP contribution in [-0.4, -0.2) is 17.1 Å². The number of fused-ring (bicyclic) bond motifs is 1. The van der Waals surface area contributed by atoms with Gasteiger partial charge in [-0.1, -0.05) is 0 Å². The molecule has 0 saturated heterocycles. The Morgan fingerprint density at radius 2 is 2.35 bits per heavy atom. The highest BCUT2D eigenvalue weighted by molar-refractivity contribution is 9.10. The molecule has 6 heteroatoms. The van der Waals surface area contributed by atoms with Gasteiger partial charge in [0.15, 0.2) is 0 Å². The number of hydrogen-bond acceptors (Lipinski definition) is 4. The molecule has 0 spiro atoms. The van der Waals surface area contributed by atoms with Gasteiger partial charge in [0, 0.05) is 5.92 Å². The molecule has 1 fully saturated rings. The van der Waals surface area contributed by atoms with Gasteiger partial charge in [0.25, 0.3) is 6.02 Å². The summed E-state index contributed by atoms with van der Waals surface area (Å²) in [5.41, 5.74) is 5.22. The number of pyridine rings is 1. The lowest BCUT2D eigenvalue weighted by atomic mass is 9.91. The third kappa shape index (κ3) is 1.62. The fourth-order valence-corrected chi connectivity index (χ4v) is 2.70. The molecule has 17 heavy (non-hydrogen) atoms. The Morgan fingerprint density at radius 1 is 1.59 bits per heavy atom. The molecule has 1 aliphatic carbocycles. The molecule has 0 amide bonds. The van der Waals surface area contributed by atoms with Crippen LogP contribution in [-0.2, 0) is 10.3 Å². The summed E-state index contributed by atoms with van der Waals surface area (Å²) >= 11 is 3.25. The zero-order chi connectivity index (χ0) is 12.2. The largest absolute Gasteiger partial charge is 0.462 e. The fourth-order valence-electron chi connectivity index (χ4n) is 2.39. The van der Waals surface area contributed by atoms with Gasteiger partial charge in [0.05, 0.1) is 0 Å². The lowest BCUT2D eigenvalue weighted by Gasteiger charge is -2.29. The Hall–Kier alpha value is -1.17. The highest BCUT2D eigenvalue weighted by Gasteiger charge is 2.57. The zero-order valence-electron chi connectivity index (χ0n) is 9.15. The molecular weight excluding hydrogens is 289 g/mol. The van der Waals surface area contributed by atoms with E-state index in [2.05, 4.69) is 25.9 Å². The first kappa shape index (κ1) is 11.0. The molecular formula is C11H11BrFN3O. The minimum atomic E-state index is -0.721. The third-order valence-electron chi connectivity index (χ3n) is 3.36. The Bertz CT molecular complexity index is 521. The molecule has 1 saturated carbocycles. The number of aromatic nitrogens is 1. The second-order valence-corrected chi connectivity index (χ2v) is 5.37. The number of aliphatic imine (C=N–C) groups is 1. The molecule has 1 aromatic heterocycles. The number of halogens is 2. The molecule has 2 N–H and O–H groups in total. The van der Waals surface area contributed by atoms with Crippen LogP contribution in [0.2, 0.25) is 0 Å². The Labute approximate surface area is 106 Å². The van der Waals surface area contributed by atoms with Crippen LogP contribution in [0.1, 0.15) is 19.0 Å². The molecule has 0 bridgehead atoms. The van der Waals surface area contributed by atoms with Crippen LogP contribution >= 0.6 is 15.9 Å². The third-order valence-corrected chi connectivity index (χ3v) is 3.80. The molecule has 3 rings (SSSR count). The number of nitrogens with zero attached hydrogens (tertiary/aromatic N) is 2. The van der Waals surface area contributed by atoms with Gasteiger partial charge in [-0.3, -0.25) is 0 Å². The topological polar surface area (TPSA) is 60.5 Å². The second-order valence-electron chi connectivity index (χ2n) is 4.56. The normalized spacial score (nSPS) is 34.6. The Balaban J connectivity index is 2.13. The Kier molecular flexibility index (Phi) is 2.20. The highest BCUT2D eigenvalue weighted by Crippen LogP contribution is 2.52. The SMILES string of the molecule is C[C@]1(c2nc(Br)ccc2F)N=C(N)O[C@@H]2C[C@@H]21. The summed E-state index contributed by atoms with van der Waals surface area (Å²) in [6, 6.07) is 3.07. The number of ether oxygens (including phenoxy) is 1. The number of rotatable bonds is 1. The van der Waals surface area contributed by atoms with Crippen LogP contribution < -0.4 is 5.73 Å². The monoisotopic (exact) mass is 299 g/mol. The van der Waals surface area contributed by atoms with E-state index in [1.807, 2.05) is 6.92 Å². The summed E-state index contributed by atoms with van der Waals surface area (Å²) in [7, 11) is 0. The van der Waals surface area contributed by atoms with Crippen molar-refractivity contribution in [3.05, 3.63) is 28.2 Å². The molecule has 90 valence electrons. The molecule has 1 aromatic rings. The van der Waals surface area contributed by atoms with Gasteiger partial charge in [-0.15, -0.1) is 0 Å². The maximum absolute atomic E-state index is 13.9. The average molecular weight is 300 g/mol. The standard InChI is InChI=1S/C11H11BrFN3O/c1-11(5-4-7(5)17-10(14)16-11)9-6(13)2-3-8(12)15-9/h2-3,5,7H,4H2,1H3,(H2,14,16)/t5-,7+,11-/m0/s1. The predicted octanol–water partition coefficient (Wildman–Crippen LogP) is 1.93. The van der Waals surface area contributed by atoms with Crippen LogP contribution in [0.15, 0.2) is 21.7 Å². The molecule has 4 nitrogen and oxygen atoms in total. The lowest BCUT2D eigenvalue weighted by molar-refractivity contribution is 0.199. The fraction of sp³-hybridized carbons (Fsp3) is 0.455. The van der Waals surface area contributed by atoms with Gasteiger partial charge < -0.3 is 10.5 Å². The summed E-state index contributed by atoms with van der Waals surface area (Å²) in [4.78, 5) is 8.46. The summed E-state index contributed by atoms with van der Waals surface area (Å²) < 4.78 is 19.8. The van der Waals surface area contributed by atoms with Crippen molar-refractivity contribution < 1.29 is 9.13 Å². The molecule has 1 aliphatic heterocycles. The van der Waals surface area contributed by atoms with Crippen molar-refractivity contribution in [3.63, 3.8) is 0 Å². The van der Waals surface area contributed by atoms with Gasteiger partial charge in [-0.05, 0) is 41.4 Å². The first-order valence-electron chi connectivity index (χ1n) is 5.35. The van der Waals surface area contributed by atoms with Crippen LogP contribution in [0.4, 0.5) is 4.39 Å². The lowest BCUT2D eigenvalue weighted by Crippen LogP contribution is -2.36. The van der Waals surface area contributed by atoms with Crippen molar-refractivity contribution >= 4 is 22.0 Å². The molecule has 0 radical (unpaired) electrons. The zero-order valence-corrected chi connectivity index (χ0v) is 10.7. The van der Waals surface area contributed by atoms with Gasteiger partial charge in [0.1, 0.15) is 27.8 Å². The summed E-state index contributed by atoms with van der Waals surface area (Å²) in [6.45, 7) is 1.85. The predicted molar refractivity (Wildman–Crippen MR) is 63.8 cm³/mol. The minimum absolute atomic E-state index is 0.0534. The van der Waals surface area contributed by atoms with E-state index in [4.69, 9.17) is 10.5 Å². The maximum atomic E-state index is 13.9. The summed E-state index contributed by atoms with van der Waals surface area (Å²) in [6.07, 6.45) is 0.895. The quantitative estimate of drug-likeness (QED) is 0.806. The second kappa shape index (κ2) is 3.41. The van der Waals surface area contributed by atoms with Crippen LogP contribution in [0, 0.1) is 11.7 Å². The van der Waals surface area contributed by atoms with Gasteiger partial charge in [-0.25, -0.2) is 14.4 Å². The summed E-state index contributed by atoms with van der Waals surface area (Å²) in [5.74, 6) is -0.203. The van der Waals surface area contributed by atoms with Crippen molar-refractivity contribution in [2.75, 3.05) is 0 Å². The van der Waals surface area contributed by atoms with Crippen LogP contribution in [0.3, 0.4) is 0 Å². The number of hydrogen-bond donors (Lipinski definition) is 1. The van der Waals surface area contributed by atoms with E-state index in [1.165, 1.54) is 6.07 Å². The number of amidine groups is 1. The smallest absolute Gasteiger partial charge is 0.283 e. The van der Waals surface area contributed by atoms with E-state index in [9.17, 15) is 4.39 Å². The van der Waals surface area contributed by atoms with E-state index < -0.39 is 5.54 Å². The van der Waals surface area contributed by atoms with Crippen LogP contribution in [0.5, 0.6) is 0 Å². The molecule has 3 atom stereocenters. The van der Waals surface area contributed by atoms with E-state index in [0.29, 0.717) is 10.3 Å². The molecule has 0 aromatic carbocycles. The molecule has 0 unspecified atom stereocenters. The first-order chi connectivity index (χ1) is 8.00. The van der Waals surface area contributed by atoms with Crippen molar-refractivity contribution in [1.29, 1.82) is 0 Å². The van der Waals surface area contributed by atoms with Gasteiger partial charge >= 0.3 is 0 Å². The minimum Gasteiger partial charge on any atom is -0.462 e. The maximum Gasteiger partial charge on any atom is 0.283 e. The van der Waals surface area contributed by atoms with Gasteiger partial charge in [-0.2, -0.15) is 0 Å². The van der Waals surface area contributed by atoms with Crippen molar-refractivity contribution in [3.8, 4) is 0 Å². The first-order valence-corrected chi connectivity index (χ1v) is 6.14. The van der Waals surface area contributed by atoms with E-state index in [1.54, 1.807) is 6.07 Å². The number of nitrogens with two attached hydrogens (primary N) is 1. The molecule has 2 heterocycles.